The summed E-state index contributed by atoms with van der Waals surface area (Å²) in [5.74, 6) is 0.144. The second-order valence-electron chi connectivity index (χ2n) is 8.51. The van der Waals surface area contributed by atoms with Crippen LogP contribution in [-0.4, -0.2) is 40.8 Å². The standard InChI is InChI=1S/C27H21N7O3/c1-33-25(19(14-29-33)26(36)28-15-24-31-20-9-5-6-10-23(20)37-24)22(35)13-18-11-12-34-16-21(32-27(34)30-18)17-7-3-2-4-8-17/h2-12,14,16H,13,15H2,1H3,(H,28,36). The van der Waals surface area contributed by atoms with Gasteiger partial charge in [-0.3, -0.25) is 18.7 Å². The zero-order valence-electron chi connectivity index (χ0n) is 19.8. The van der Waals surface area contributed by atoms with E-state index < -0.39 is 5.91 Å². The minimum absolute atomic E-state index is 0.00499. The van der Waals surface area contributed by atoms with Crippen molar-refractivity contribution in [1.82, 2.24) is 34.4 Å². The van der Waals surface area contributed by atoms with E-state index in [9.17, 15) is 9.59 Å². The molecule has 0 fully saturated rings. The zero-order chi connectivity index (χ0) is 25.4. The quantitative estimate of drug-likeness (QED) is 0.339. The number of ketones is 1. The third kappa shape index (κ3) is 4.36. The number of hydrogen-bond donors (Lipinski definition) is 1. The molecule has 0 atom stereocenters. The lowest BCUT2D eigenvalue weighted by atomic mass is 10.1. The van der Waals surface area contributed by atoms with Crippen molar-refractivity contribution in [3.05, 3.63) is 102 Å². The molecule has 1 N–H and O–H groups in total. The molecule has 0 aliphatic carbocycles. The van der Waals surface area contributed by atoms with Gasteiger partial charge in [0.05, 0.1) is 36.1 Å². The molecule has 4 aromatic heterocycles. The maximum absolute atomic E-state index is 13.2. The van der Waals surface area contributed by atoms with Crippen molar-refractivity contribution in [2.75, 3.05) is 0 Å². The first kappa shape index (κ1) is 22.4. The highest BCUT2D eigenvalue weighted by Crippen LogP contribution is 2.19. The number of aromatic nitrogens is 6. The first-order valence-electron chi connectivity index (χ1n) is 11.6. The number of Topliss-reactive ketones (excluding diaryl/α,β-unsaturated/α-hetero) is 1. The summed E-state index contributed by atoms with van der Waals surface area (Å²) in [5, 5.41) is 6.90. The maximum atomic E-state index is 13.2. The molecular formula is C27H21N7O3. The number of nitrogens with one attached hydrogen (secondary N) is 1. The molecule has 1 amide bonds. The normalized spacial score (nSPS) is 11.3. The molecule has 0 unspecified atom stereocenters. The number of imidazole rings is 1. The molecule has 0 bridgehead atoms. The minimum Gasteiger partial charge on any atom is -0.439 e. The van der Waals surface area contributed by atoms with Crippen LogP contribution in [0, 0.1) is 0 Å². The fourth-order valence-electron chi connectivity index (χ4n) is 4.18. The molecule has 0 aliphatic rings. The summed E-state index contributed by atoms with van der Waals surface area (Å²) in [5.41, 5.74) is 4.04. The molecule has 182 valence electrons. The van der Waals surface area contributed by atoms with E-state index in [1.807, 2.05) is 71.4 Å². The van der Waals surface area contributed by atoms with E-state index in [1.54, 1.807) is 13.1 Å². The van der Waals surface area contributed by atoms with Crippen LogP contribution in [0.3, 0.4) is 0 Å². The van der Waals surface area contributed by atoms with Gasteiger partial charge in [0, 0.05) is 25.0 Å². The number of fused-ring (bicyclic) bond motifs is 2. The molecule has 6 aromatic rings. The first-order valence-corrected chi connectivity index (χ1v) is 11.6. The Balaban J connectivity index is 1.19. The van der Waals surface area contributed by atoms with E-state index in [2.05, 4.69) is 25.4 Å². The van der Waals surface area contributed by atoms with Crippen LogP contribution in [0.2, 0.25) is 0 Å². The summed E-state index contributed by atoms with van der Waals surface area (Å²) < 4.78 is 8.86. The third-order valence-corrected chi connectivity index (χ3v) is 5.98. The predicted octanol–water partition coefficient (Wildman–Crippen LogP) is 3.63. The second-order valence-corrected chi connectivity index (χ2v) is 8.51. The molecule has 6 rings (SSSR count). The molecule has 0 saturated heterocycles. The highest BCUT2D eigenvalue weighted by atomic mass is 16.3. The Kier molecular flexibility index (Phi) is 5.53. The summed E-state index contributed by atoms with van der Waals surface area (Å²) in [6.45, 7) is 0.0812. The molecule has 0 radical (unpaired) electrons. The highest BCUT2D eigenvalue weighted by Gasteiger charge is 2.23. The van der Waals surface area contributed by atoms with Gasteiger partial charge in [-0.15, -0.1) is 0 Å². The molecule has 0 aliphatic heterocycles. The van der Waals surface area contributed by atoms with Gasteiger partial charge in [-0.1, -0.05) is 42.5 Å². The van der Waals surface area contributed by atoms with Crippen LogP contribution in [-0.2, 0) is 20.0 Å². The van der Waals surface area contributed by atoms with Crippen LogP contribution in [0.25, 0.3) is 28.1 Å². The average molecular weight is 492 g/mol. The van der Waals surface area contributed by atoms with E-state index >= 15 is 0 Å². The van der Waals surface area contributed by atoms with Crippen LogP contribution < -0.4 is 5.32 Å². The molecular weight excluding hydrogens is 470 g/mol. The van der Waals surface area contributed by atoms with Gasteiger partial charge in [0.2, 0.25) is 11.7 Å². The fourth-order valence-corrected chi connectivity index (χ4v) is 4.18. The molecule has 37 heavy (non-hydrogen) atoms. The number of amides is 1. The van der Waals surface area contributed by atoms with Gasteiger partial charge in [0.1, 0.15) is 11.2 Å². The highest BCUT2D eigenvalue weighted by molar-refractivity contribution is 6.07. The Labute approximate surface area is 210 Å². The summed E-state index contributed by atoms with van der Waals surface area (Å²) in [6, 6.07) is 18.9. The number of oxazole rings is 1. The lowest BCUT2D eigenvalue weighted by molar-refractivity contribution is 0.0926. The maximum Gasteiger partial charge on any atom is 0.255 e. The summed E-state index contributed by atoms with van der Waals surface area (Å²) in [4.78, 5) is 39.7. The topological polar surface area (TPSA) is 120 Å². The molecule has 10 heteroatoms. The fraction of sp³-hybridized carbons (Fsp3) is 0.111. The number of carbonyl (C=O) groups is 2. The number of rotatable bonds is 7. The smallest absolute Gasteiger partial charge is 0.255 e. The number of carbonyl (C=O) groups excluding carboxylic acids is 2. The predicted molar refractivity (Wildman–Crippen MR) is 135 cm³/mol. The van der Waals surface area contributed by atoms with Crippen molar-refractivity contribution < 1.29 is 14.0 Å². The van der Waals surface area contributed by atoms with Gasteiger partial charge in [0.25, 0.3) is 5.91 Å². The van der Waals surface area contributed by atoms with Crippen LogP contribution in [0.15, 0.2) is 83.7 Å². The first-order chi connectivity index (χ1) is 18.0. The lowest BCUT2D eigenvalue weighted by Crippen LogP contribution is -2.25. The molecule has 0 spiro atoms. The summed E-state index contributed by atoms with van der Waals surface area (Å²) in [7, 11) is 1.63. The lowest BCUT2D eigenvalue weighted by Gasteiger charge is -2.06. The Morgan fingerprint density at radius 2 is 1.78 bits per heavy atom. The number of aryl methyl sites for hydroxylation is 1. The van der Waals surface area contributed by atoms with Gasteiger partial charge in [-0.2, -0.15) is 5.10 Å². The molecule has 10 nitrogen and oxygen atoms in total. The van der Waals surface area contributed by atoms with Gasteiger partial charge in [-0.05, 0) is 18.2 Å². The van der Waals surface area contributed by atoms with Crippen LogP contribution >= 0.6 is 0 Å². The van der Waals surface area contributed by atoms with E-state index in [1.165, 1.54) is 10.9 Å². The molecule has 0 saturated carbocycles. The van der Waals surface area contributed by atoms with Crippen molar-refractivity contribution in [2.45, 2.75) is 13.0 Å². The summed E-state index contributed by atoms with van der Waals surface area (Å²) >= 11 is 0. The van der Waals surface area contributed by atoms with E-state index in [4.69, 9.17) is 4.42 Å². The average Bonchev–Trinajstić information content (AvgIpc) is 3.63. The summed E-state index contributed by atoms with van der Waals surface area (Å²) in [6.07, 6.45) is 5.09. The number of para-hydroxylation sites is 2. The Bertz CT molecular complexity index is 1730. The van der Waals surface area contributed by atoms with Gasteiger partial charge in [0.15, 0.2) is 11.4 Å². The van der Waals surface area contributed by atoms with Crippen molar-refractivity contribution >= 4 is 28.6 Å². The molecule has 2 aromatic carbocycles. The third-order valence-electron chi connectivity index (χ3n) is 5.98. The monoisotopic (exact) mass is 491 g/mol. The minimum atomic E-state index is -0.442. The van der Waals surface area contributed by atoms with Crippen LogP contribution in [0.5, 0.6) is 0 Å². The second kappa shape index (κ2) is 9.15. The van der Waals surface area contributed by atoms with Crippen molar-refractivity contribution in [1.29, 1.82) is 0 Å². The van der Waals surface area contributed by atoms with E-state index in [0.717, 1.165) is 11.3 Å². The Morgan fingerprint density at radius 3 is 2.62 bits per heavy atom. The van der Waals surface area contributed by atoms with Gasteiger partial charge >= 0.3 is 0 Å². The van der Waals surface area contributed by atoms with Crippen molar-refractivity contribution in [3.8, 4) is 11.3 Å². The Hall–Kier alpha value is -5.12. The van der Waals surface area contributed by atoms with Crippen molar-refractivity contribution in [2.24, 2.45) is 7.05 Å². The largest absolute Gasteiger partial charge is 0.439 e. The molecule has 4 heterocycles. The number of benzene rings is 2. The number of hydrogen-bond acceptors (Lipinski definition) is 7. The van der Waals surface area contributed by atoms with Gasteiger partial charge in [-0.25, -0.2) is 15.0 Å². The van der Waals surface area contributed by atoms with Crippen LogP contribution in [0.4, 0.5) is 0 Å². The Morgan fingerprint density at radius 1 is 0.973 bits per heavy atom. The van der Waals surface area contributed by atoms with Crippen LogP contribution in [0.1, 0.15) is 32.4 Å². The van der Waals surface area contributed by atoms with Crippen molar-refractivity contribution in [3.63, 3.8) is 0 Å². The van der Waals surface area contributed by atoms with E-state index in [0.29, 0.717) is 28.5 Å². The van der Waals surface area contributed by atoms with Gasteiger partial charge < -0.3 is 9.73 Å². The zero-order valence-corrected chi connectivity index (χ0v) is 19.8. The SMILES string of the molecule is Cn1ncc(C(=O)NCc2nc3ccccc3o2)c1C(=O)Cc1ccn2cc(-c3ccccc3)nc2n1. The number of nitrogens with zero attached hydrogens (tertiary/aromatic N) is 6. The van der Waals surface area contributed by atoms with E-state index in [-0.39, 0.29) is 30.0 Å².